The van der Waals surface area contributed by atoms with Crippen LogP contribution in [-0.2, 0) is 26.2 Å². The smallest absolute Gasteiger partial charge is 0.347 e. The SMILES string of the molecule is N#Cc1cc2c(cc1Sc1nc3c([nH]1)c(=N)ncn3CCn1c(=O)n3n(c1=O)CC=CC3)OCO2. The van der Waals surface area contributed by atoms with Crippen LogP contribution in [0.5, 0.6) is 11.5 Å². The van der Waals surface area contributed by atoms with Crippen LogP contribution < -0.4 is 26.3 Å². The van der Waals surface area contributed by atoms with Gasteiger partial charge in [-0.15, -0.1) is 0 Å². The summed E-state index contributed by atoms with van der Waals surface area (Å²) in [4.78, 5) is 37.7. The molecule has 2 aliphatic heterocycles. The first-order chi connectivity index (χ1) is 17.0. The maximum absolute atomic E-state index is 12.7. The van der Waals surface area contributed by atoms with Gasteiger partial charge in [0.1, 0.15) is 11.6 Å². The lowest BCUT2D eigenvalue weighted by Gasteiger charge is -2.08. The highest BCUT2D eigenvalue weighted by molar-refractivity contribution is 7.99. The highest BCUT2D eigenvalue weighted by Crippen LogP contribution is 2.40. The minimum atomic E-state index is -0.369. The molecule has 0 aliphatic carbocycles. The molecule has 0 saturated heterocycles. The van der Waals surface area contributed by atoms with Crippen molar-refractivity contribution in [2.75, 3.05) is 6.79 Å². The second-order valence-corrected chi connectivity index (χ2v) is 8.83. The van der Waals surface area contributed by atoms with Crippen molar-refractivity contribution in [3.63, 3.8) is 0 Å². The summed E-state index contributed by atoms with van der Waals surface area (Å²) in [6, 6.07) is 5.49. The molecular formula is C21H17N9O4S. The number of hydrogen-bond donors (Lipinski definition) is 2. The monoisotopic (exact) mass is 491 g/mol. The molecule has 2 N–H and O–H groups in total. The molecule has 0 bridgehead atoms. The zero-order valence-corrected chi connectivity index (χ0v) is 18.9. The lowest BCUT2D eigenvalue weighted by Crippen LogP contribution is -2.31. The molecule has 13 nitrogen and oxygen atoms in total. The number of allylic oxidation sites excluding steroid dienone is 2. The number of nitrogens with one attached hydrogen (secondary N) is 2. The normalized spacial score (nSPS) is 13.8. The molecule has 14 heteroatoms. The number of aromatic amines is 1. The van der Waals surface area contributed by atoms with Gasteiger partial charge in [-0.1, -0.05) is 23.9 Å². The van der Waals surface area contributed by atoms with E-state index < -0.39 is 0 Å². The number of aryl methyl sites for hydroxylation is 1. The third-order valence-corrected chi connectivity index (χ3v) is 6.73. The summed E-state index contributed by atoms with van der Waals surface area (Å²) in [5.41, 5.74) is 0.523. The van der Waals surface area contributed by atoms with E-state index in [0.29, 0.717) is 51.4 Å². The Kier molecular flexibility index (Phi) is 4.85. The molecule has 0 radical (unpaired) electrons. The van der Waals surface area contributed by atoms with Crippen LogP contribution >= 0.6 is 11.8 Å². The van der Waals surface area contributed by atoms with Crippen molar-refractivity contribution in [3.05, 3.63) is 62.6 Å². The van der Waals surface area contributed by atoms with Gasteiger partial charge in [-0.3, -0.25) is 5.41 Å². The molecule has 0 amide bonds. The maximum Gasteiger partial charge on any atom is 0.347 e. The maximum atomic E-state index is 12.7. The van der Waals surface area contributed by atoms with Crippen molar-refractivity contribution >= 4 is 22.9 Å². The zero-order chi connectivity index (χ0) is 24.1. The number of H-pyrrole nitrogens is 1. The Balaban J connectivity index is 1.32. The first kappa shape index (κ1) is 21.1. The third kappa shape index (κ3) is 3.44. The van der Waals surface area contributed by atoms with Gasteiger partial charge in [-0.25, -0.2) is 33.5 Å². The number of ether oxygens (including phenoxy) is 2. The fourth-order valence-electron chi connectivity index (χ4n) is 4.04. The van der Waals surface area contributed by atoms with E-state index in [4.69, 9.17) is 14.9 Å². The summed E-state index contributed by atoms with van der Waals surface area (Å²) in [6.07, 6.45) is 5.16. The van der Waals surface area contributed by atoms with E-state index >= 15 is 0 Å². The number of nitriles is 1. The molecule has 6 rings (SSSR count). The highest BCUT2D eigenvalue weighted by atomic mass is 32.2. The third-order valence-electron chi connectivity index (χ3n) is 5.78. The van der Waals surface area contributed by atoms with E-state index in [0.717, 1.165) is 0 Å². The van der Waals surface area contributed by atoms with Crippen LogP contribution in [-0.4, -0.2) is 40.2 Å². The summed E-state index contributed by atoms with van der Waals surface area (Å²) in [6.45, 7) is 1.19. The Bertz CT molecular complexity index is 1710. The number of fused-ring (bicyclic) bond motifs is 3. The topological polar surface area (TPSA) is 162 Å². The van der Waals surface area contributed by atoms with Crippen LogP contribution in [0.25, 0.3) is 11.2 Å². The summed E-state index contributed by atoms with van der Waals surface area (Å²) in [5, 5.41) is 18.2. The molecule has 5 heterocycles. The number of rotatable bonds is 5. The quantitative estimate of drug-likeness (QED) is 0.379. The van der Waals surface area contributed by atoms with E-state index in [1.54, 1.807) is 16.7 Å². The largest absolute Gasteiger partial charge is 0.454 e. The lowest BCUT2D eigenvalue weighted by atomic mass is 10.2. The molecular weight excluding hydrogens is 474 g/mol. The summed E-state index contributed by atoms with van der Waals surface area (Å²) in [5.74, 6) is 1.06. The minimum absolute atomic E-state index is 0.00411. The van der Waals surface area contributed by atoms with E-state index in [2.05, 4.69) is 21.0 Å². The van der Waals surface area contributed by atoms with Crippen molar-refractivity contribution in [2.45, 2.75) is 36.2 Å². The molecule has 0 spiro atoms. The molecule has 3 aromatic heterocycles. The first-order valence-electron chi connectivity index (χ1n) is 10.6. The predicted molar refractivity (Wildman–Crippen MR) is 121 cm³/mol. The van der Waals surface area contributed by atoms with Gasteiger partial charge in [0.15, 0.2) is 27.8 Å². The van der Waals surface area contributed by atoms with Crippen LogP contribution in [0, 0.1) is 16.7 Å². The van der Waals surface area contributed by atoms with E-state index in [-0.39, 0.29) is 36.7 Å². The van der Waals surface area contributed by atoms with E-state index in [1.807, 2.05) is 12.2 Å². The summed E-state index contributed by atoms with van der Waals surface area (Å²) < 4.78 is 16.5. The number of nitrogens with zero attached hydrogens (tertiary/aromatic N) is 7. The Morgan fingerprint density at radius 3 is 2.54 bits per heavy atom. The standard InChI is InChI=1S/C21H17N9O4S/c22-9-12-7-13-14(34-11-33-13)8-15(12)35-19-25-16-17(23)24-10-27(18(16)26-19)5-6-28-20(31)29-3-1-2-4-30(29)21(28)32/h1-2,7-8,10,23H,3-6,11H2,(H,25,26). The fourth-order valence-corrected chi connectivity index (χ4v) is 4.92. The molecule has 176 valence electrons. The Morgan fingerprint density at radius 1 is 1.11 bits per heavy atom. The van der Waals surface area contributed by atoms with Gasteiger partial charge < -0.3 is 19.0 Å². The van der Waals surface area contributed by atoms with Crippen LogP contribution in [0.4, 0.5) is 0 Å². The fraction of sp³-hybridized carbons (Fsp3) is 0.238. The van der Waals surface area contributed by atoms with Crippen LogP contribution in [0.3, 0.4) is 0 Å². The number of benzene rings is 1. The van der Waals surface area contributed by atoms with Crippen molar-refractivity contribution < 1.29 is 9.47 Å². The average Bonchev–Trinajstić information content (AvgIpc) is 3.56. The van der Waals surface area contributed by atoms with Crippen LogP contribution in [0.2, 0.25) is 0 Å². The molecule has 4 aromatic rings. The van der Waals surface area contributed by atoms with E-state index in [9.17, 15) is 14.9 Å². The molecule has 0 unspecified atom stereocenters. The second kappa shape index (κ2) is 8.06. The number of imidazole rings is 1. The zero-order valence-electron chi connectivity index (χ0n) is 18.1. The van der Waals surface area contributed by atoms with Crippen molar-refractivity contribution in [1.82, 2.24) is 33.4 Å². The van der Waals surface area contributed by atoms with Crippen LogP contribution in [0.15, 0.2) is 50.3 Å². The van der Waals surface area contributed by atoms with Gasteiger partial charge in [0.05, 0.1) is 31.5 Å². The molecule has 35 heavy (non-hydrogen) atoms. The molecule has 2 aliphatic rings. The summed E-state index contributed by atoms with van der Waals surface area (Å²) >= 11 is 1.22. The molecule has 0 saturated carbocycles. The molecule has 1 aromatic carbocycles. The number of hydrogen-bond acceptors (Lipinski definition) is 9. The summed E-state index contributed by atoms with van der Waals surface area (Å²) in [7, 11) is 0. The average molecular weight is 491 g/mol. The van der Waals surface area contributed by atoms with Crippen molar-refractivity contribution in [2.24, 2.45) is 0 Å². The molecule has 0 fully saturated rings. The van der Waals surface area contributed by atoms with Crippen molar-refractivity contribution in [1.29, 1.82) is 10.7 Å². The highest BCUT2D eigenvalue weighted by Gasteiger charge is 2.20. The minimum Gasteiger partial charge on any atom is -0.454 e. The second-order valence-electron chi connectivity index (χ2n) is 7.80. The lowest BCUT2D eigenvalue weighted by molar-refractivity contribution is 0.174. The van der Waals surface area contributed by atoms with Gasteiger partial charge in [0.25, 0.3) is 0 Å². The van der Waals surface area contributed by atoms with Gasteiger partial charge in [0.2, 0.25) is 6.79 Å². The predicted octanol–water partition coefficient (Wildman–Crippen LogP) is 0.385. The first-order valence-corrected chi connectivity index (χ1v) is 11.4. The Morgan fingerprint density at radius 2 is 1.83 bits per heavy atom. The van der Waals surface area contributed by atoms with Gasteiger partial charge in [-0.05, 0) is 6.07 Å². The van der Waals surface area contributed by atoms with Gasteiger partial charge in [0, 0.05) is 17.5 Å². The Hall–Kier alpha value is -4.51. The van der Waals surface area contributed by atoms with E-state index in [1.165, 1.54) is 32.0 Å². The van der Waals surface area contributed by atoms with Crippen LogP contribution in [0.1, 0.15) is 5.56 Å². The van der Waals surface area contributed by atoms with Crippen molar-refractivity contribution in [3.8, 4) is 17.6 Å². The van der Waals surface area contributed by atoms with Gasteiger partial charge in [-0.2, -0.15) is 5.26 Å². The molecule has 0 atom stereocenters. The van der Waals surface area contributed by atoms with Gasteiger partial charge >= 0.3 is 11.4 Å². The Labute approximate surface area is 200 Å². The number of aromatic nitrogens is 7.